The van der Waals surface area contributed by atoms with E-state index in [2.05, 4.69) is 70.7 Å². The van der Waals surface area contributed by atoms with Crippen LogP contribution in [0.3, 0.4) is 0 Å². The van der Waals surface area contributed by atoms with Crippen molar-refractivity contribution in [1.29, 1.82) is 0 Å². The molecule has 4 aromatic rings. The van der Waals surface area contributed by atoms with E-state index in [0.29, 0.717) is 24.0 Å². The molecule has 0 aliphatic carbocycles. The summed E-state index contributed by atoms with van der Waals surface area (Å²) in [4.78, 5) is 19.8. The van der Waals surface area contributed by atoms with Crippen LogP contribution < -0.4 is 16.8 Å². The number of carboxylic acid groups (broad SMARTS) is 1. The van der Waals surface area contributed by atoms with Gasteiger partial charge in [-0.2, -0.15) is 4.98 Å². The number of nitrogen functional groups attached to an aromatic ring is 1. The van der Waals surface area contributed by atoms with Crippen molar-refractivity contribution in [3.8, 4) is 22.4 Å². The molecule has 1 atom stereocenters. The number of nitrogens with one attached hydrogen (secondary N) is 1. The number of carbonyl (C=O) groups is 1. The molecule has 1 unspecified atom stereocenters. The number of hydrogen-bond donors (Lipinski definition) is 4. The van der Waals surface area contributed by atoms with Crippen LogP contribution in [0.5, 0.6) is 0 Å². The number of anilines is 2. The number of nitrogens with two attached hydrogens (primary N) is 2. The summed E-state index contributed by atoms with van der Waals surface area (Å²) in [6.07, 6.45) is 0.261. The van der Waals surface area contributed by atoms with Gasteiger partial charge in [0.2, 0.25) is 5.95 Å². The first-order valence-electron chi connectivity index (χ1n) is 11.0. The third-order valence-corrected chi connectivity index (χ3v) is 5.56. The lowest BCUT2D eigenvalue weighted by Crippen LogP contribution is -2.32. The zero-order chi connectivity index (χ0) is 24.1. The summed E-state index contributed by atoms with van der Waals surface area (Å²) in [7, 11) is 0. The lowest BCUT2D eigenvalue weighted by Gasteiger charge is -2.10. The van der Waals surface area contributed by atoms with Gasteiger partial charge in [0, 0.05) is 18.2 Å². The minimum absolute atomic E-state index is 0.261. The minimum atomic E-state index is -1.02. The molecule has 0 spiro atoms. The van der Waals surface area contributed by atoms with E-state index in [1.807, 2.05) is 24.3 Å². The normalized spacial score (nSPS) is 11.7. The van der Waals surface area contributed by atoms with Crippen molar-refractivity contribution < 1.29 is 9.90 Å². The van der Waals surface area contributed by atoms with Gasteiger partial charge in [-0.3, -0.25) is 4.79 Å². The minimum Gasteiger partial charge on any atom is -0.480 e. The van der Waals surface area contributed by atoms with Crippen molar-refractivity contribution in [2.24, 2.45) is 5.73 Å². The summed E-state index contributed by atoms with van der Waals surface area (Å²) in [5, 5.41) is 12.2. The van der Waals surface area contributed by atoms with Crippen LogP contribution in [0.15, 0.2) is 78.9 Å². The maximum absolute atomic E-state index is 11.0. The Bertz CT molecular complexity index is 1270. The van der Waals surface area contributed by atoms with E-state index >= 15 is 0 Å². The predicted molar refractivity (Wildman–Crippen MR) is 135 cm³/mol. The highest BCUT2D eigenvalue weighted by Gasteiger charge is 2.12. The lowest BCUT2D eigenvalue weighted by atomic mass is 10.0. The van der Waals surface area contributed by atoms with Gasteiger partial charge in [-0.25, -0.2) is 4.98 Å². The van der Waals surface area contributed by atoms with Gasteiger partial charge in [0.1, 0.15) is 11.9 Å². The molecule has 0 amide bonds. The SMILES string of the molecule is Cc1ccc(-c2ccc(CNc3nc(N)cc(-c4ccc(CC(N)C(=O)O)cc4)n3)cc2)cc1. The Morgan fingerprint density at radius 2 is 1.44 bits per heavy atom. The molecule has 0 radical (unpaired) electrons. The molecule has 0 bridgehead atoms. The lowest BCUT2D eigenvalue weighted by molar-refractivity contribution is -0.138. The third-order valence-electron chi connectivity index (χ3n) is 5.56. The van der Waals surface area contributed by atoms with Crippen molar-refractivity contribution in [1.82, 2.24) is 9.97 Å². The van der Waals surface area contributed by atoms with Crippen molar-refractivity contribution in [3.63, 3.8) is 0 Å². The topological polar surface area (TPSA) is 127 Å². The second-order valence-corrected chi connectivity index (χ2v) is 8.26. The van der Waals surface area contributed by atoms with E-state index in [0.717, 1.165) is 16.7 Å². The van der Waals surface area contributed by atoms with E-state index in [9.17, 15) is 4.79 Å². The molecule has 4 rings (SSSR count). The third kappa shape index (κ3) is 5.76. The number of benzene rings is 3. The fourth-order valence-corrected chi connectivity index (χ4v) is 3.59. The molecule has 34 heavy (non-hydrogen) atoms. The first-order chi connectivity index (χ1) is 16.4. The van der Waals surface area contributed by atoms with Gasteiger partial charge < -0.3 is 21.9 Å². The van der Waals surface area contributed by atoms with Crippen LogP contribution in [0, 0.1) is 6.92 Å². The van der Waals surface area contributed by atoms with E-state index in [1.54, 1.807) is 6.07 Å². The van der Waals surface area contributed by atoms with E-state index < -0.39 is 12.0 Å². The molecule has 0 aliphatic rings. The molecule has 6 N–H and O–H groups in total. The van der Waals surface area contributed by atoms with Crippen molar-refractivity contribution in [3.05, 3.63) is 95.6 Å². The Morgan fingerprint density at radius 1 is 0.882 bits per heavy atom. The van der Waals surface area contributed by atoms with Gasteiger partial charge in [-0.1, -0.05) is 78.4 Å². The Balaban J connectivity index is 1.43. The quantitative estimate of drug-likeness (QED) is 0.314. The second kappa shape index (κ2) is 10.1. The molecular weight excluding hydrogens is 426 g/mol. The number of rotatable bonds is 8. The highest BCUT2D eigenvalue weighted by atomic mass is 16.4. The van der Waals surface area contributed by atoms with Gasteiger partial charge >= 0.3 is 5.97 Å². The average Bonchev–Trinajstić information content (AvgIpc) is 2.84. The predicted octanol–water partition coefficient (Wildman–Crippen LogP) is 4.27. The molecule has 172 valence electrons. The number of aromatic nitrogens is 2. The second-order valence-electron chi connectivity index (χ2n) is 8.26. The molecular formula is C27H27N5O2. The van der Waals surface area contributed by atoms with Gasteiger partial charge in [0.25, 0.3) is 0 Å². The highest BCUT2D eigenvalue weighted by molar-refractivity contribution is 5.73. The average molecular weight is 454 g/mol. The molecule has 1 aromatic heterocycles. The molecule has 0 saturated heterocycles. The van der Waals surface area contributed by atoms with Gasteiger partial charge in [-0.05, 0) is 35.6 Å². The Labute approximate surface area is 198 Å². The van der Waals surface area contributed by atoms with Crippen LogP contribution >= 0.6 is 0 Å². The zero-order valence-electron chi connectivity index (χ0n) is 18.9. The number of hydrogen-bond acceptors (Lipinski definition) is 6. The Kier molecular flexibility index (Phi) is 6.85. The van der Waals surface area contributed by atoms with Crippen molar-refractivity contribution in [2.75, 3.05) is 11.1 Å². The molecule has 0 saturated carbocycles. The summed E-state index contributed by atoms with van der Waals surface area (Å²) in [5.41, 5.74) is 18.7. The summed E-state index contributed by atoms with van der Waals surface area (Å²) in [6, 6.07) is 25.0. The molecule has 7 heteroatoms. The van der Waals surface area contributed by atoms with Crippen LogP contribution in [-0.2, 0) is 17.8 Å². The maximum Gasteiger partial charge on any atom is 0.320 e. The highest BCUT2D eigenvalue weighted by Crippen LogP contribution is 2.23. The maximum atomic E-state index is 11.0. The molecule has 0 fully saturated rings. The summed E-state index contributed by atoms with van der Waals surface area (Å²) >= 11 is 0. The molecule has 1 heterocycles. The fraction of sp³-hybridized carbons (Fsp3) is 0.148. The smallest absolute Gasteiger partial charge is 0.320 e. The fourth-order valence-electron chi connectivity index (χ4n) is 3.59. The van der Waals surface area contributed by atoms with Crippen LogP contribution in [-0.4, -0.2) is 27.1 Å². The first-order valence-corrected chi connectivity index (χ1v) is 11.0. The first kappa shape index (κ1) is 22.9. The Morgan fingerprint density at radius 3 is 2.06 bits per heavy atom. The molecule has 3 aromatic carbocycles. The van der Waals surface area contributed by atoms with Gasteiger partial charge in [0.15, 0.2) is 0 Å². The standard InChI is InChI=1S/C27H27N5O2/c1-17-2-8-20(9-3-17)21-10-6-19(7-11-21)16-30-27-31-24(15-25(29)32-27)22-12-4-18(5-13-22)14-23(28)26(33)34/h2-13,15,23H,14,16,28H2,1H3,(H,33,34)(H3,29,30,31,32). The number of aryl methyl sites for hydroxylation is 1. The van der Waals surface area contributed by atoms with E-state index in [1.165, 1.54) is 16.7 Å². The largest absolute Gasteiger partial charge is 0.480 e. The summed E-state index contributed by atoms with van der Waals surface area (Å²) in [6.45, 7) is 2.64. The van der Waals surface area contributed by atoms with E-state index in [-0.39, 0.29) is 6.42 Å². The number of nitrogens with zero attached hydrogens (tertiary/aromatic N) is 2. The number of carboxylic acids is 1. The number of aliphatic carboxylic acids is 1. The zero-order valence-corrected chi connectivity index (χ0v) is 18.9. The van der Waals surface area contributed by atoms with Crippen molar-refractivity contribution >= 4 is 17.7 Å². The van der Waals surface area contributed by atoms with Crippen LogP contribution in [0.2, 0.25) is 0 Å². The van der Waals surface area contributed by atoms with Crippen molar-refractivity contribution in [2.45, 2.75) is 25.9 Å². The van der Waals surface area contributed by atoms with Crippen LogP contribution in [0.4, 0.5) is 11.8 Å². The monoisotopic (exact) mass is 453 g/mol. The van der Waals surface area contributed by atoms with Crippen LogP contribution in [0.1, 0.15) is 16.7 Å². The Hall–Kier alpha value is -4.23. The van der Waals surface area contributed by atoms with E-state index in [4.69, 9.17) is 16.6 Å². The molecule has 0 aliphatic heterocycles. The van der Waals surface area contributed by atoms with Gasteiger partial charge in [0.05, 0.1) is 5.69 Å². The van der Waals surface area contributed by atoms with Crippen LogP contribution in [0.25, 0.3) is 22.4 Å². The summed E-state index contributed by atoms with van der Waals surface area (Å²) in [5.74, 6) is -0.220. The van der Waals surface area contributed by atoms with Gasteiger partial charge in [-0.15, -0.1) is 0 Å². The molecule has 7 nitrogen and oxygen atoms in total. The summed E-state index contributed by atoms with van der Waals surface area (Å²) < 4.78 is 0.